The quantitative estimate of drug-likeness (QED) is 0.734. The fourth-order valence-electron chi connectivity index (χ4n) is 3.92. The van der Waals surface area contributed by atoms with E-state index in [4.69, 9.17) is 5.11 Å². The molecular formula is C21H20F2N2O2. The van der Waals surface area contributed by atoms with E-state index in [9.17, 15) is 13.6 Å². The van der Waals surface area contributed by atoms with Crippen molar-refractivity contribution >= 4 is 16.9 Å². The SMILES string of the molecule is O=C(O)CCCN1CCc2c(c3cc(F)ccc3n2-c2ccc(F)cc2)C1. The van der Waals surface area contributed by atoms with Gasteiger partial charge in [0.15, 0.2) is 0 Å². The van der Waals surface area contributed by atoms with Crippen LogP contribution < -0.4 is 0 Å². The van der Waals surface area contributed by atoms with Gasteiger partial charge in [0.1, 0.15) is 11.6 Å². The summed E-state index contributed by atoms with van der Waals surface area (Å²) in [6, 6.07) is 11.1. The molecule has 3 aromatic rings. The minimum absolute atomic E-state index is 0.148. The highest BCUT2D eigenvalue weighted by Crippen LogP contribution is 2.34. The van der Waals surface area contributed by atoms with Crippen molar-refractivity contribution in [3.05, 3.63) is 65.4 Å². The van der Waals surface area contributed by atoms with E-state index in [0.717, 1.165) is 40.8 Å². The van der Waals surface area contributed by atoms with Crippen LogP contribution in [0.15, 0.2) is 42.5 Å². The molecule has 1 N–H and O–H groups in total. The van der Waals surface area contributed by atoms with Crippen LogP contribution in [0.25, 0.3) is 16.6 Å². The Kier molecular flexibility index (Phi) is 4.66. The maximum absolute atomic E-state index is 13.9. The van der Waals surface area contributed by atoms with Crippen molar-refractivity contribution < 1.29 is 18.7 Å². The summed E-state index contributed by atoms with van der Waals surface area (Å²) in [6.45, 7) is 2.17. The van der Waals surface area contributed by atoms with Crippen molar-refractivity contribution in [2.75, 3.05) is 13.1 Å². The van der Waals surface area contributed by atoms with Gasteiger partial charge in [-0.3, -0.25) is 9.69 Å². The van der Waals surface area contributed by atoms with Gasteiger partial charge in [-0.25, -0.2) is 8.78 Å². The summed E-state index contributed by atoms with van der Waals surface area (Å²) in [5.41, 5.74) is 3.93. The summed E-state index contributed by atoms with van der Waals surface area (Å²) in [7, 11) is 0. The molecule has 0 unspecified atom stereocenters. The van der Waals surface area contributed by atoms with Crippen LogP contribution in [0.5, 0.6) is 0 Å². The van der Waals surface area contributed by atoms with Gasteiger partial charge < -0.3 is 9.67 Å². The highest BCUT2D eigenvalue weighted by Gasteiger charge is 2.25. The highest BCUT2D eigenvalue weighted by atomic mass is 19.1. The molecule has 6 heteroatoms. The van der Waals surface area contributed by atoms with Gasteiger partial charge in [0.25, 0.3) is 0 Å². The lowest BCUT2D eigenvalue weighted by molar-refractivity contribution is -0.137. The standard InChI is InChI=1S/C21H20F2N2O2/c22-14-3-6-16(7-4-14)25-19-8-5-15(23)12-17(19)18-13-24(11-9-20(18)25)10-1-2-21(26)27/h3-8,12H,1-2,9-11,13H2,(H,26,27). The molecule has 0 atom stereocenters. The number of hydrogen-bond donors (Lipinski definition) is 1. The first-order valence-electron chi connectivity index (χ1n) is 9.05. The summed E-state index contributed by atoms with van der Waals surface area (Å²) in [5, 5.41) is 9.69. The van der Waals surface area contributed by atoms with Crippen LogP contribution in [0.1, 0.15) is 24.1 Å². The molecule has 4 rings (SSSR count). The van der Waals surface area contributed by atoms with Crippen LogP contribution in [0, 0.1) is 11.6 Å². The van der Waals surface area contributed by atoms with Gasteiger partial charge in [-0.1, -0.05) is 0 Å². The number of fused-ring (bicyclic) bond motifs is 3. The summed E-state index contributed by atoms with van der Waals surface area (Å²) < 4.78 is 29.4. The monoisotopic (exact) mass is 370 g/mol. The predicted molar refractivity (Wildman–Crippen MR) is 99.0 cm³/mol. The summed E-state index contributed by atoms with van der Waals surface area (Å²) in [6.07, 6.45) is 1.51. The first-order valence-corrected chi connectivity index (χ1v) is 9.05. The molecule has 140 valence electrons. The number of aliphatic carboxylic acids is 1. The lowest BCUT2D eigenvalue weighted by atomic mass is 10.0. The van der Waals surface area contributed by atoms with E-state index in [0.29, 0.717) is 19.5 Å². The van der Waals surface area contributed by atoms with Crippen molar-refractivity contribution in [1.29, 1.82) is 0 Å². The Morgan fingerprint density at radius 3 is 2.56 bits per heavy atom. The summed E-state index contributed by atoms with van der Waals surface area (Å²) in [4.78, 5) is 13.0. The number of halogens is 2. The van der Waals surface area contributed by atoms with Crippen molar-refractivity contribution in [3.63, 3.8) is 0 Å². The molecule has 0 bridgehead atoms. The van der Waals surface area contributed by atoms with E-state index in [1.807, 2.05) is 0 Å². The Morgan fingerprint density at radius 1 is 1.07 bits per heavy atom. The third kappa shape index (κ3) is 3.45. The normalized spacial score (nSPS) is 14.4. The molecule has 0 saturated carbocycles. The molecule has 0 saturated heterocycles. The number of aromatic nitrogens is 1. The Labute approximate surface area is 155 Å². The Bertz CT molecular complexity index is 996. The van der Waals surface area contributed by atoms with Gasteiger partial charge in [-0.2, -0.15) is 0 Å². The highest BCUT2D eigenvalue weighted by molar-refractivity contribution is 5.87. The summed E-state index contributed by atoms with van der Waals surface area (Å²) in [5.74, 6) is -1.37. The summed E-state index contributed by atoms with van der Waals surface area (Å²) >= 11 is 0. The van der Waals surface area contributed by atoms with Crippen molar-refractivity contribution in [1.82, 2.24) is 9.47 Å². The second-order valence-electron chi connectivity index (χ2n) is 6.92. The van der Waals surface area contributed by atoms with E-state index >= 15 is 0 Å². The minimum atomic E-state index is -0.789. The van der Waals surface area contributed by atoms with E-state index in [1.54, 1.807) is 24.3 Å². The average molecular weight is 370 g/mol. The van der Waals surface area contributed by atoms with E-state index < -0.39 is 5.97 Å². The molecule has 0 spiro atoms. The van der Waals surface area contributed by atoms with E-state index in [-0.39, 0.29) is 18.1 Å². The molecule has 2 heterocycles. The van der Waals surface area contributed by atoms with Gasteiger partial charge in [0.2, 0.25) is 0 Å². The van der Waals surface area contributed by atoms with Crippen molar-refractivity contribution in [3.8, 4) is 5.69 Å². The number of rotatable bonds is 5. The fourth-order valence-corrected chi connectivity index (χ4v) is 3.92. The molecule has 1 aliphatic rings. The average Bonchev–Trinajstić information content (AvgIpc) is 2.95. The van der Waals surface area contributed by atoms with E-state index in [1.165, 1.54) is 18.2 Å². The van der Waals surface area contributed by atoms with Crippen LogP contribution in [0.3, 0.4) is 0 Å². The number of nitrogens with zero attached hydrogens (tertiary/aromatic N) is 2. The van der Waals surface area contributed by atoms with Gasteiger partial charge in [0, 0.05) is 42.7 Å². The molecule has 0 radical (unpaired) electrons. The Morgan fingerprint density at radius 2 is 1.81 bits per heavy atom. The molecular weight excluding hydrogens is 350 g/mol. The third-order valence-electron chi connectivity index (χ3n) is 5.14. The molecule has 0 amide bonds. The maximum atomic E-state index is 13.9. The van der Waals surface area contributed by atoms with Crippen molar-refractivity contribution in [2.24, 2.45) is 0 Å². The Balaban J connectivity index is 1.74. The number of carboxylic acid groups (broad SMARTS) is 1. The second kappa shape index (κ2) is 7.12. The zero-order chi connectivity index (χ0) is 19.0. The van der Waals surface area contributed by atoms with Crippen LogP contribution in [-0.2, 0) is 17.8 Å². The molecule has 1 aliphatic heterocycles. The maximum Gasteiger partial charge on any atom is 0.303 e. The number of hydrogen-bond acceptors (Lipinski definition) is 2. The van der Waals surface area contributed by atoms with E-state index in [2.05, 4.69) is 9.47 Å². The first kappa shape index (κ1) is 17.7. The zero-order valence-electron chi connectivity index (χ0n) is 14.8. The van der Waals surface area contributed by atoms with Crippen LogP contribution in [0.2, 0.25) is 0 Å². The third-order valence-corrected chi connectivity index (χ3v) is 5.14. The fraction of sp³-hybridized carbons (Fsp3) is 0.286. The molecule has 27 heavy (non-hydrogen) atoms. The van der Waals surface area contributed by atoms with Gasteiger partial charge in [-0.15, -0.1) is 0 Å². The molecule has 2 aromatic carbocycles. The van der Waals surface area contributed by atoms with Gasteiger partial charge in [-0.05, 0) is 61.0 Å². The Hall–Kier alpha value is -2.73. The topological polar surface area (TPSA) is 45.5 Å². The van der Waals surface area contributed by atoms with Gasteiger partial charge in [0.05, 0.1) is 5.52 Å². The molecule has 0 aliphatic carbocycles. The predicted octanol–water partition coefficient (Wildman–Crippen LogP) is 4.13. The number of carboxylic acids is 1. The number of benzene rings is 2. The number of carbonyl (C=O) groups is 1. The zero-order valence-corrected chi connectivity index (χ0v) is 14.8. The first-order chi connectivity index (χ1) is 13.0. The molecule has 4 nitrogen and oxygen atoms in total. The van der Waals surface area contributed by atoms with Crippen LogP contribution in [0.4, 0.5) is 8.78 Å². The minimum Gasteiger partial charge on any atom is -0.481 e. The lowest BCUT2D eigenvalue weighted by Crippen LogP contribution is -2.32. The van der Waals surface area contributed by atoms with Crippen molar-refractivity contribution in [2.45, 2.75) is 25.8 Å². The lowest BCUT2D eigenvalue weighted by Gasteiger charge is -2.28. The largest absolute Gasteiger partial charge is 0.481 e. The molecule has 1 aromatic heterocycles. The second-order valence-corrected chi connectivity index (χ2v) is 6.92. The van der Waals surface area contributed by atoms with Gasteiger partial charge >= 0.3 is 5.97 Å². The van der Waals surface area contributed by atoms with Crippen LogP contribution >= 0.6 is 0 Å². The molecule has 0 fully saturated rings. The van der Waals surface area contributed by atoms with Crippen LogP contribution in [-0.4, -0.2) is 33.6 Å². The smallest absolute Gasteiger partial charge is 0.303 e.